The van der Waals surface area contributed by atoms with E-state index in [1.807, 2.05) is 0 Å². The first-order chi connectivity index (χ1) is 43.4. The summed E-state index contributed by atoms with van der Waals surface area (Å²) in [6.07, 6.45) is -16.8. The van der Waals surface area contributed by atoms with Crippen LogP contribution in [0.25, 0.3) is 0 Å². The third-order valence-electron chi connectivity index (χ3n) is 14.3. The Morgan fingerprint density at radius 3 is 1.15 bits per heavy atom. The number of hydrogen-bond acceptors (Lipinski definition) is 27. The van der Waals surface area contributed by atoms with Crippen molar-refractivity contribution >= 4 is 65.7 Å². The molecule has 2 fully saturated rings. The predicted octanol–water partition coefficient (Wildman–Crippen LogP) is 5.89. The number of hydrogen-bond donors (Lipinski definition) is 0. The lowest BCUT2D eigenvalue weighted by Gasteiger charge is -2.44. The van der Waals surface area contributed by atoms with Gasteiger partial charge in [-0.25, -0.2) is 14.4 Å². The lowest BCUT2D eigenvalue weighted by molar-refractivity contribution is -0.310. The summed E-state index contributed by atoms with van der Waals surface area (Å²) in [6, 6.07) is 27.5. The summed E-state index contributed by atoms with van der Waals surface area (Å²) in [4.78, 5) is 144. The summed E-state index contributed by atoms with van der Waals surface area (Å²) in [5.41, 5.74) is -1.88. The molecule has 0 N–H and O–H groups in total. The Hall–Kier alpha value is -10.1. The molecule has 4 aliphatic heterocycles. The molecule has 27 heteroatoms. The zero-order valence-electron chi connectivity index (χ0n) is 50.0. The van der Waals surface area contributed by atoms with E-state index < -0.39 is 159 Å². The Morgan fingerprint density at radius 1 is 0.407 bits per heavy atom. The Labute approximate surface area is 518 Å². The standard InChI is InChI=1S/C64H60O27/c1-31(65)76-29-49-53(80-33(3)67)55(82-35(5)69)57(84-37(7)71)62(88-49)78-27-42-47(86-59(73)39-17-11-9-12-18-39)25-23-45-51(42)90-52-43(28-79-63-58(85-38(8)72)56(83-36(6)70)54(81-34(4)68)50(89-63)30-77-32(2)66)48(87-60(74)40-19-13-10-14-20-40)26-24-46(52)64(45)44-22-16-15-21-41(44)61(75)91-64/h9-26,49-50,53-58,62-63H,27-30H2,1-8H3/t49-,50-,53+,54+,55+,56+,57-,58-,62-,63-/m1/s1. The summed E-state index contributed by atoms with van der Waals surface area (Å²) in [6.45, 7) is 5.49. The summed E-state index contributed by atoms with van der Waals surface area (Å²) in [7, 11) is 0. The highest BCUT2D eigenvalue weighted by Crippen LogP contribution is 2.60. The number of benzene rings is 5. The SMILES string of the molecule is CC(=O)OC[C@H]1O[C@@H](OCc2c(OC(=O)c3ccccc3)ccc3c2Oc2c(ccc(OC(=O)c4ccccc4)c2CO[C@@H]2O[C@H](COC(C)=O)[C@H](OC(C)=O)[C@H](OC(C)=O)[C@H]2OC(C)=O)C32OC(=O)c3ccccc32)[C@H](OC(C)=O)[C@@H](OC(C)=O)[C@H]1OC(C)=O. The smallest absolute Gasteiger partial charge is 0.343 e. The van der Waals surface area contributed by atoms with E-state index in [9.17, 15) is 52.7 Å². The molecule has 5 aromatic rings. The van der Waals surface area contributed by atoms with Crippen LogP contribution in [-0.4, -0.2) is 140 Å². The van der Waals surface area contributed by atoms with Gasteiger partial charge in [0.05, 0.1) is 41.0 Å². The number of rotatable bonds is 20. The van der Waals surface area contributed by atoms with Crippen LogP contribution in [0, 0.1) is 0 Å². The molecule has 91 heavy (non-hydrogen) atoms. The third kappa shape index (κ3) is 14.7. The Bertz CT molecular complexity index is 3450. The average molecular weight is 1260 g/mol. The number of fused-ring (bicyclic) bond motifs is 6. The van der Waals surface area contributed by atoms with E-state index in [-0.39, 0.29) is 67.5 Å². The highest BCUT2D eigenvalue weighted by Gasteiger charge is 2.58. The van der Waals surface area contributed by atoms with E-state index in [2.05, 4.69) is 0 Å². The van der Waals surface area contributed by atoms with Crippen molar-refractivity contribution in [3.05, 3.63) is 154 Å². The van der Waals surface area contributed by atoms with Crippen LogP contribution in [0.2, 0.25) is 0 Å². The first kappa shape index (κ1) is 65.4. The van der Waals surface area contributed by atoms with Crippen molar-refractivity contribution in [2.45, 2.75) is 136 Å². The van der Waals surface area contributed by atoms with E-state index in [0.717, 1.165) is 55.4 Å². The molecule has 10 atom stereocenters. The largest absolute Gasteiger partial charge is 0.463 e. The summed E-state index contributed by atoms with van der Waals surface area (Å²) < 4.78 is 96.1. The molecule has 0 saturated carbocycles. The number of esters is 11. The molecule has 0 aliphatic carbocycles. The Morgan fingerprint density at radius 2 is 0.769 bits per heavy atom. The molecule has 4 aliphatic rings. The van der Waals surface area contributed by atoms with Gasteiger partial charge in [0.2, 0.25) is 0 Å². The maximum absolute atomic E-state index is 14.5. The molecule has 0 aromatic heterocycles. The molecule has 5 aromatic carbocycles. The number of carbonyl (C=O) groups is 11. The third-order valence-corrected chi connectivity index (χ3v) is 14.3. The maximum atomic E-state index is 14.5. The Balaban J connectivity index is 1.26. The zero-order chi connectivity index (χ0) is 65.4. The summed E-state index contributed by atoms with van der Waals surface area (Å²) in [5, 5.41) is 0. The first-order valence-corrected chi connectivity index (χ1v) is 28.2. The second-order valence-corrected chi connectivity index (χ2v) is 20.8. The zero-order valence-corrected chi connectivity index (χ0v) is 50.0. The van der Waals surface area contributed by atoms with Gasteiger partial charge in [0.15, 0.2) is 54.8 Å². The minimum absolute atomic E-state index is 0.0541. The molecule has 0 amide bonds. The van der Waals surface area contributed by atoms with Crippen LogP contribution in [0.5, 0.6) is 23.0 Å². The molecule has 0 bridgehead atoms. The number of carbonyl (C=O) groups excluding carboxylic acids is 11. The van der Waals surface area contributed by atoms with Gasteiger partial charge in [0.25, 0.3) is 0 Å². The van der Waals surface area contributed by atoms with Crippen molar-refractivity contribution < 1.29 is 129 Å². The quantitative estimate of drug-likeness (QED) is 0.0498. The van der Waals surface area contributed by atoms with Gasteiger partial charge in [0.1, 0.15) is 48.4 Å². The lowest BCUT2D eigenvalue weighted by Crippen LogP contribution is -2.62. The van der Waals surface area contributed by atoms with Gasteiger partial charge in [0, 0.05) is 72.1 Å². The van der Waals surface area contributed by atoms with Crippen molar-refractivity contribution in [3.63, 3.8) is 0 Å². The van der Waals surface area contributed by atoms with Crippen molar-refractivity contribution in [2.24, 2.45) is 0 Å². The predicted molar refractivity (Wildman–Crippen MR) is 301 cm³/mol. The van der Waals surface area contributed by atoms with Crippen LogP contribution in [0.15, 0.2) is 109 Å². The van der Waals surface area contributed by atoms with Gasteiger partial charge < -0.3 is 75.8 Å². The molecule has 4 heterocycles. The fraction of sp³-hybridized carbons (Fsp3) is 0.359. The normalized spacial score (nSPS) is 23.4. The monoisotopic (exact) mass is 1260 g/mol. The first-order valence-electron chi connectivity index (χ1n) is 28.2. The lowest BCUT2D eigenvalue weighted by atomic mass is 9.76. The fourth-order valence-corrected chi connectivity index (χ4v) is 10.8. The van der Waals surface area contributed by atoms with Crippen molar-refractivity contribution in [1.29, 1.82) is 0 Å². The van der Waals surface area contributed by atoms with Crippen LogP contribution in [0.4, 0.5) is 0 Å². The van der Waals surface area contributed by atoms with E-state index in [1.54, 1.807) is 54.6 Å². The molecule has 0 radical (unpaired) electrons. The van der Waals surface area contributed by atoms with E-state index in [4.69, 9.17) is 75.8 Å². The van der Waals surface area contributed by atoms with Crippen LogP contribution in [0.3, 0.4) is 0 Å². The molecule has 9 rings (SSSR count). The number of ether oxygens (including phenoxy) is 16. The highest BCUT2D eigenvalue weighted by molar-refractivity contribution is 5.98. The summed E-state index contributed by atoms with van der Waals surface area (Å²) >= 11 is 0. The molecule has 478 valence electrons. The molecule has 1 spiro atoms. The molecular weight excluding hydrogens is 1200 g/mol. The van der Waals surface area contributed by atoms with E-state index in [1.165, 1.54) is 54.6 Å². The van der Waals surface area contributed by atoms with Crippen LogP contribution < -0.4 is 14.2 Å². The van der Waals surface area contributed by atoms with Crippen LogP contribution in [0.1, 0.15) is 114 Å². The average Bonchev–Trinajstić information content (AvgIpc) is 1.64. The van der Waals surface area contributed by atoms with Gasteiger partial charge in [-0.3, -0.25) is 38.4 Å². The van der Waals surface area contributed by atoms with Gasteiger partial charge >= 0.3 is 65.7 Å². The van der Waals surface area contributed by atoms with Crippen molar-refractivity contribution in [3.8, 4) is 23.0 Å². The van der Waals surface area contributed by atoms with Crippen LogP contribution in [-0.2, 0) is 119 Å². The maximum Gasteiger partial charge on any atom is 0.343 e. The molecular formula is C64H60O27. The molecule has 27 nitrogen and oxygen atoms in total. The Kier molecular flexibility index (Phi) is 20.2. The van der Waals surface area contributed by atoms with Gasteiger partial charge in [-0.1, -0.05) is 54.6 Å². The van der Waals surface area contributed by atoms with Crippen molar-refractivity contribution in [1.82, 2.24) is 0 Å². The topological polar surface area (TPSA) is 335 Å². The van der Waals surface area contributed by atoms with Gasteiger partial charge in [-0.05, 0) is 54.6 Å². The van der Waals surface area contributed by atoms with Gasteiger partial charge in [-0.2, -0.15) is 0 Å². The molecule has 0 unspecified atom stereocenters. The highest BCUT2D eigenvalue weighted by atomic mass is 16.8. The van der Waals surface area contributed by atoms with Gasteiger partial charge in [-0.15, -0.1) is 0 Å². The minimum Gasteiger partial charge on any atom is -0.463 e. The fourth-order valence-electron chi connectivity index (χ4n) is 10.8. The minimum atomic E-state index is -2.06. The summed E-state index contributed by atoms with van der Waals surface area (Å²) in [5.74, 6) is -11.0. The molecule has 2 saturated heterocycles. The van der Waals surface area contributed by atoms with Crippen molar-refractivity contribution in [2.75, 3.05) is 13.2 Å². The second kappa shape index (κ2) is 28.2. The second-order valence-electron chi connectivity index (χ2n) is 20.8. The van der Waals surface area contributed by atoms with Crippen LogP contribution >= 0.6 is 0 Å². The van der Waals surface area contributed by atoms with E-state index >= 15 is 0 Å². The van der Waals surface area contributed by atoms with E-state index in [0.29, 0.717) is 0 Å².